The molecule has 1 heterocycles. The summed E-state index contributed by atoms with van der Waals surface area (Å²) < 4.78 is 1.20. The van der Waals surface area contributed by atoms with Crippen LogP contribution in [0.1, 0.15) is 13.8 Å². The van der Waals surface area contributed by atoms with E-state index in [1.54, 1.807) is 25.2 Å². The number of nitrogens with one attached hydrogen (secondary N) is 1. The van der Waals surface area contributed by atoms with E-state index in [9.17, 15) is 4.79 Å². The molecule has 0 aliphatic carbocycles. The second kappa shape index (κ2) is 4.66. The smallest absolute Gasteiger partial charge is 0.236 e. The fourth-order valence-corrected chi connectivity index (χ4v) is 2.31. The van der Waals surface area contributed by atoms with E-state index in [4.69, 9.17) is 18.0 Å². The molecule has 0 saturated carbocycles. The lowest BCUT2D eigenvalue weighted by atomic mass is 9.92. The molecular formula is C13H14N2OS2. The number of carbonyl (C=O) groups is 1. The molecule has 0 fully saturated rings. The lowest BCUT2D eigenvalue weighted by Gasteiger charge is -2.21. The molecule has 3 N–H and O–H groups in total. The number of hydrogen-bond donors (Lipinski definition) is 2. The van der Waals surface area contributed by atoms with Gasteiger partial charge in [-0.25, -0.2) is 0 Å². The zero-order valence-electron chi connectivity index (χ0n) is 10.2. The Morgan fingerprint density at radius 2 is 2.11 bits per heavy atom. The number of thiophene rings is 1. The monoisotopic (exact) mass is 278 g/mol. The summed E-state index contributed by atoms with van der Waals surface area (Å²) in [6.07, 6.45) is 0. The van der Waals surface area contributed by atoms with E-state index in [-0.39, 0.29) is 10.9 Å². The SMILES string of the molecule is CC(C)(C(=O)Nc1ccc2sccc2c1)C(N)=S. The third kappa shape index (κ3) is 2.37. The van der Waals surface area contributed by atoms with Crippen molar-refractivity contribution in [2.45, 2.75) is 13.8 Å². The van der Waals surface area contributed by atoms with E-state index in [0.29, 0.717) is 0 Å². The molecular weight excluding hydrogens is 264 g/mol. The largest absolute Gasteiger partial charge is 0.392 e. The fraction of sp³-hybridized carbons (Fsp3) is 0.231. The molecule has 1 amide bonds. The van der Waals surface area contributed by atoms with Crippen molar-refractivity contribution in [1.29, 1.82) is 0 Å². The minimum absolute atomic E-state index is 0.190. The maximum absolute atomic E-state index is 12.1. The highest BCUT2D eigenvalue weighted by molar-refractivity contribution is 7.80. The summed E-state index contributed by atoms with van der Waals surface area (Å²) in [4.78, 5) is 12.3. The molecule has 0 aliphatic rings. The van der Waals surface area contributed by atoms with Gasteiger partial charge in [-0.05, 0) is 48.9 Å². The van der Waals surface area contributed by atoms with Gasteiger partial charge in [0.15, 0.2) is 0 Å². The number of fused-ring (bicyclic) bond motifs is 1. The van der Waals surface area contributed by atoms with Crippen LogP contribution in [0.5, 0.6) is 0 Å². The molecule has 0 saturated heterocycles. The van der Waals surface area contributed by atoms with Gasteiger partial charge in [-0.3, -0.25) is 4.79 Å². The summed E-state index contributed by atoms with van der Waals surface area (Å²) in [6, 6.07) is 7.84. The summed E-state index contributed by atoms with van der Waals surface area (Å²) in [7, 11) is 0. The van der Waals surface area contributed by atoms with Crippen molar-refractivity contribution in [2.75, 3.05) is 5.32 Å². The van der Waals surface area contributed by atoms with Crippen LogP contribution < -0.4 is 11.1 Å². The summed E-state index contributed by atoms with van der Waals surface area (Å²) >= 11 is 6.58. The zero-order valence-corrected chi connectivity index (χ0v) is 11.8. The maximum atomic E-state index is 12.1. The second-order valence-electron chi connectivity index (χ2n) is 4.62. The Morgan fingerprint density at radius 3 is 2.78 bits per heavy atom. The highest BCUT2D eigenvalue weighted by atomic mass is 32.1. The first-order chi connectivity index (χ1) is 8.41. The Balaban J connectivity index is 2.23. The van der Waals surface area contributed by atoms with E-state index in [0.717, 1.165) is 11.1 Å². The molecule has 1 aromatic heterocycles. The van der Waals surface area contributed by atoms with Crippen molar-refractivity contribution in [2.24, 2.45) is 11.1 Å². The average Bonchev–Trinajstić information content (AvgIpc) is 2.75. The molecule has 94 valence electrons. The van der Waals surface area contributed by atoms with Crippen molar-refractivity contribution in [3.05, 3.63) is 29.6 Å². The van der Waals surface area contributed by atoms with Crippen LogP contribution in [-0.2, 0) is 4.79 Å². The molecule has 0 aliphatic heterocycles. The number of hydrogen-bond acceptors (Lipinski definition) is 3. The third-order valence-corrected chi connectivity index (χ3v) is 4.30. The van der Waals surface area contributed by atoms with E-state index in [2.05, 4.69) is 5.32 Å². The number of thiocarbonyl (C=S) groups is 1. The zero-order chi connectivity index (χ0) is 13.3. The number of nitrogens with two attached hydrogens (primary N) is 1. The number of carbonyl (C=O) groups excluding carboxylic acids is 1. The first-order valence-electron chi connectivity index (χ1n) is 5.50. The first kappa shape index (κ1) is 13.0. The number of anilines is 1. The Hall–Kier alpha value is -1.46. The van der Waals surface area contributed by atoms with Crippen LogP contribution in [0.2, 0.25) is 0 Å². The maximum Gasteiger partial charge on any atom is 0.236 e. The molecule has 2 aromatic rings. The van der Waals surface area contributed by atoms with Gasteiger partial charge in [0.05, 0.1) is 10.4 Å². The van der Waals surface area contributed by atoms with Gasteiger partial charge in [0, 0.05) is 10.4 Å². The van der Waals surface area contributed by atoms with Crippen molar-refractivity contribution < 1.29 is 4.79 Å². The van der Waals surface area contributed by atoms with E-state index in [1.807, 2.05) is 29.6 Å². The quantitative estimate of drug-likeness (QED) is 0.848. The molecule has 2 rings (SSSR count). The van der Waals surface area contributed by atoms with Gasteiger partial charge < -0.3 is 11.1 Å². The van der Waals surface area contributed by atoms with Gasteiger partial charge in [-0.15, -0.1) is 11.3 Å². The van der Waals surface area contributed by atoms with Gasteiger partial charge in [-0.1, -0.05) is 12.2 Å². The van der Waals surface area contributed by atoms with Crippen molar-refractivity contribution in [3.8, 4) is 0 Å². The van der Waals surface area contributed by atoms with Crippen LogP contribution in [0.4, 0.5) is 5.69 Å². The Bertz CT molecular complexity index is 616. The molecule has 0 spiro atoms. The van der Waals surface area contributed by atoms with E-state index >= 15 is 0 Å². The average molecular weight is 278 g/mol. The summed E-state index contributed by atoms with van der Waals surface area (Å²) in [6.45, 7) is 3.43. The predicted octanol–water partition coefficient (Wildman–Crippen LogP) is 3.15. The molecule has 0 atom stereocenters. The number of amides is 1. The van der Waals surface area contributed by atoms with Gasteiger partial charge in [-0.2, -0.15) is 0 Å². The van der Waals surface area contributed by atoms with Crippen LogP contribution in [0.15, 0.2) is 29.6 Å². The molecule has 0 bridgehead atoms. The number of rotatable bonds is 3. The number of benzene rings is 1. The van der Waals surface area contributed by atoms with Crippen LogP contribution >= 0.6 is 23.6 Å². The van der Waals surface area contributed by atoms with Gasteiger partial charge in [0.25, 0.3) is 0 Å². The minimum atomic E-state index is -0.848. The van der Waals surface area contributed by atoms with E-state index < -0.39 is 5.41 Å². The normalized spacial score (nSPS) is 11.4. The lowest BCUT2D eigenvalue weighted by molar-refractivity contribution is -0.121. The summed E-state index contributed by atoms with van der Waals surface area (Å²) in [5, 5.41) is 5.98. The first-order valence-corrected chi connectivity index (χ1v) is 6.78. The predicted molar refractivity (Wildman–Crippen MR) is 81.0 cm³/mol. The standard InChI is InChI=1S/C13H14N2OS2/c1-13(2,11(14)17)12(16)15-9-3-4-10-8(7-9)5-6-18-10/h3-7H,1-2H3,(H2,14,17)(H,15,16). The highest BCUT2D eigenvalue weighted by Crippen LogP contribution is 2.25. The molecule has 3 nitrogen and oxygen atoms in total. The van der Waals surface area contributed by atoms with Crippen molar-refractivity contribution in [1.82, 2.24) is 0 Å². The summed E-state index contributed by atoms with van der Waals surface area (Å²) in [5.74, 6) is -0.190. The molecule has 0 unspecified atom stereocenters. The minimum Gasteiger partial charge on any atom is -0.392 e. The van der Waals surface area contributed by atoms with Gasteiger partial charge in [0.2, 0.25) is 5.91 Å². The molecule has 1 aromatic carbocycles. The Kier molecular flexibility index (Phi) is 3.36. The molecule has 0 radical (unpaired) electrons. The second-order valence-corrected chi connectivity index (χ2v) is 6.00. The van der Waals surface area contributed by atoms with E-state index in [1.165, 1.54) is 4.70 Å². The van der Waals surface area contributed by atoms with Crippen LogP contribution in [-0.4, -0.2) is 10.9 Å². The van der Waals surface area contributed by atoms with Crippen LogP contribution in [0, 0.1) is 5.41 Å². The van der Waals surface area contributed by atoms with Crippen LogP contribution in [0.25, 0.3) is 10.1 Å². The lowest BCUT2D eigenvalue weighted by Crippen LogP contribution is -2.41. The summed E-state index contributed by atoms with van der Waals surface area (Å²) in [5.41, 5.74) is 5.48. The topological polar surface area (TPSA) is 55.1 Å². The molecule has 5 heteroatoms. The van der Waals surface area contributed by atoms with Crippen LogP contribution in [0.3, 0.4) is 0 Å². The molecule has 18 heavy (non-hydrogen) atoms. The van der Waals surface area contributed by atoms with Gasteiger partial charge in [0.1, 0.15) is 0 Å². The Morgan fingerprint density at radius 1 is 1.39 bits per heavy atom. The Labute approximate surface area is 115 Å². The third-order valence-electron chi connectivity index (χ3n) is 2.89. The van der Waals surface area contributed by atoms with Crippen molar-refractivity contribution in [3.63, 3.8) is 0 Å². The highest BCUT2D eigenvalue weighted by Gasteiger charge is 2.30. The van der Waals surface area contributed by atoms with Gasteiger partial charge >= 0.3 is 0 Å². The fourth-order valence-electron chi connectivity index (χ4n) is 1.44. The van der Waals surface area contributed by atoms with Crippen molar-refractivity contribution >= 4 is 50.2 Å².